The van der Waals surface area contributed by atoms with E-state index in [0.717, 1.165) is 10.6 Å². The van der Waals surface area contributed by atoms with Gasteiger partial charge in [-0.2, -0.15) is 4.31 Å². The highest BCUT2D eigenvalue weighted by atomic mass is 32.2. The van der Waals surface area contributed by atoms with Crippen molar-refractivity contribution >= 4 is 19.9 Å². The van der Waals surface area contributed by atoms with Gasteiger partial charge in [0.15, 0.2) is 0 Å². The zero-order chi connectivity index (χ0) is 13.5. The molecular formula is C9H19NO5S2. The summed E-state index contributed by atoms with van der Waals surface area (Å²) in [6, 6.07) is 0. The summed E-state index contributed by atoms with van der Waals surface area (Å²) in [6.45, 7) is 3.74. The van der Waals surface area contributed by atoms with Crippen molar-refractivity contribution in [2.75, 3.05) is 30.9 Å². The number of aliphatic hydroxyl groups is 1. The van der Waals surface area contributed by atoms with Crippen molar-refractivity contribution in [1.82, 2.24) is 4.31 Å². The second-order valence-corrected chi connectivity index (χ2v) is 9.32. The third-order valence-electron chi connectivity index (χ3n) is 3.08. The lowest BCUT2D eigenvalue weighted by atomic mass is 9.85. The van der Waals surface area contributed by atoms with E-state index in [1.54, 1.807) is 0 Å². The van der Waals surface area contributed by atoms with E-state index in [2.05, 4.69) is 0 Å². The summed E-state index contributed by atoms with van der Waals surface area (Å²) < 4.78 is 46.4. The first kappa shape index (κ1) is 14.9. The van der Waals surface area contributed by atoms with Crippen LogP contribution in [0.2, 0.25) is 0 Å². The van der Waals surface area contributed by atoms with Gasteiger partial charge in [-0.05, 0) is 5.92 Å². The van der Waals surface area contributed by atoms with E-state index in [9.17, 15) is 21.9 Å². The van der Waals surface area contributed by atoms with E-state index in [4.69, 9.17) is 0 Å². The van der Waals surface area contributed by atoms with E-state index in [0.29, 0.717) is 0 Å². The van der Waals surface area contributed by atoms with Crippen molar-refractivity contribution in [3.8, 4) is 0 Å². The van der Waals surface area contributed by atoms with Crippen LogP contribution in [0.4, 0.5) is 0 Å². The minimum atomic E-state index is -3.57. The predicted molar refractivity (Wildman–Crippen MR) is 64.9 cm³/mol. The van der Waals surface area contributed by atoms with Gasteiger partial charge in [0.25, 0.3) is 0 Å². The average molecular weight is 285 g/mol. The first-order valence-corrected chi connectivity index (χ1v) is 9.01. The monoisotopic (exact) mass is 285 g/mol. The number of β-amino-alcohol motifs (C(OH)–C–C–N with tert-alkyl or cyclic N) is 1. The van der Waals surface area contributed by atoms with Crippen molar-refractivity contribution in [2.45, 2.75) is 19.4 Å². The molecule has 0 atom stereocenters. The summed E-state index contributed by atoms with van der Waals surface area (Å²) in [5.41, 5.74) is -0.974. The minimum Gasteiger partial charge on any atom is -0.387 e. The summed E-state index contributed by atoms with van der Waals surface area (Å²) in [6.07, 6.45) is 1.00. The van der Waals surface area contributed by atoms with Gasteiger partial charge in [0.05, 0.1) is 17.1 Å². The van der Waals surface area contributed by atoms with Gasteiger partial charge < -0.3 is 5.11 Å². The lowest BCUT2D eigenvalue weighted by Crippen LogP contribution is -2.66. The van der Waals surface area contributed by atoms with Gasteiger partial charge in [0.1, 0.15) is 9.84 Å². The Morgan fingerprint density at radius 2 is 1.65 bits per heavy atom. The normalized spacial score (nSPS) is 21.5. The Morgan fingerprint density at radius 3 is 2.00 bits per heavy atom. The van der Waals surface area contributed by atoms with Crippen LogP contribution >= 0.6 is 0 Å². The standard InChI is InChI=1S/C9H19NO5S2/c1-8(2)9(11)6-10(7-9)17(14,15)5-4-16(3,12)13/h8,11H,4-7H2,1-3H3. The molecule has 17 heavy (non-hydrogen) atoms. The molecule has 1 fully saturated rings. The zero-order valence-electron chi connectivity index (χ0n) is 10.2. The highest BCUT2D eigenvalue weighted by Gasteiger charge is 2.48. The molecule has 0 aliphatic carbocycles. The molecule has 0 aromatic carbocycles. The lowest BCUT2D eigenvalue weighted by molar-refractivity contribution is -0.0931. The quantitative estimate of drug-likeness (QED) is 0.704. The highest BCUT2D eigenvalue weighted by molar-refractivity contribution is 7.93. The van der Waals surface area contributed by atoms with Gasteiger partial charge in [-0.25, -0.2) is 16.8 Å². The third-order valence-corrected chi connectivity index (χ3v) is 6.05. The van der Waals surface area contributed by atoms with E-state index in [1.807, 2.05) is 13.8 Å². The fourth-order valence-corrected chi connectivity index (χ4v) is 4.66. The van der Waals surface area contributed by atoms with Crippen molar-refractivity contribution in [1.29, 1.82) is 0 Å². The highest BCUT2D eigenvalue weighted by Crippen LogP contribution is 2.30. The molecule has 8 heteroatoms. The van der Waals surface area contributed by atoms with Crippen LogP contribution in [-0.4, -0.2) is 62.7 Å². The summed E-state index contributed by atoms with van der Waals surface area (Å²) in [4.78, 5) is 0. The Balaban J connectivity index is 2.59. The molecule has 1 aliphatic heterocycles. The lowest BCUT2D eigenvalue weighted by Gasteiger charge is -2.47. The van der Waals surface area contributed by atoms with Crippen LogP contribution in [0.3, 0.4) is 0 Å². The molecule has 1 saturated heterocycles. The Morgan fingerprint density at radius 1 is 1.18 bits per heavy atom. The topological polar surface area (TPSA) is 91.8 Å². The number of nitrogens with zero attached hydrogens (tertiary/aromatic N) is 1. The van der Waals surface area contributed by atoms with Crippen LogP contribution in [0.5, 0.6) is 0 Å². The van der Waals surface area contributed by atoms with Crippen LogP contribution in [0.1, 0.15) is 13.8 Å². The molecule has 1 aliphatic rings. The van der Waals surface area contributed by atoms with Gasteiger partial charge in [-0.1, -0.05) is 13.8 Å². The largest absolute Gasteiger partial charge is 0.387 e. The first-order chi connectivity index (χ1) is 7.46. The SMILES string of the molecule is CC(C)C1(O)CN(S(=O)(=O)CCS(C)(=O)=O)C1. The van der Waals surface area contributed by atoms with Crippen LogP contribution in [0.25, 0.3) is 0 Å². The molecule has 6 nitrogen and oxygen atoms in total. The molecule has 0 amide bonds. The second-order valence-electron chi connectivity index (χ2n) is 4.97. The summed E-state index contributed by atoms with van der Waals surface area (Å²) in [5, 5.41) is 9.92. The van der Waals surface area contributed by atoms with Gasteiger partial charge in [-0.15, -0.1) is 0 Å². The maximum atomic E-state index is 11.7. The van der Waals surface area contributed by atoms with Crippen LogP contribution in [0, 0.1) is 5.92 Å². The van der Waals surface area contributed by atoms with Crippen molar-refractivity contribution in [2.24, 2.45) is 5.92 Å². The van der Waals surface area contributed by atoms with Crippen molar-refractivity contribution in [3.05, 3.63) is 0 Å². The zero-order valence-corrected chi connectivity index (χ0v) is 11.9. The molecule has 0 radical (unpaired) electrons. The Labute approximate surface area is 103 Å². The number of sulfone groups is 1. The Bertz CT molecular complexity index is 474. The number of rotatable bonds is 5. The first-order valence-electron chi connectivity index (χ1n) is 5.34. The summed E-state index contributed by atoms with van der Waals surface area (Å²) in [7, 11) is -6.86. The summed E-state index contributed by atoms with van der Waals surface area (Å²) in [5.74, 6) is -0.824. The Hall–Kier alpha value is -0.180. The van der Waals surface area contributed by atoms with E-state index < -0.39 is 31.2 Å². The molecule has 1 rings (SSSR count). The molecule has 0 aromatic heterocycles. The van der Waals surface area contributed by atoms with Crippen molar-refractivity contribution < 1.29 is 21.9 Å². The van der Waals surface area contributed by atoms with E-state index in [1.165, 1.54) is 0 Å². The molecule has 0 spiro atoms. The molecular weight excluding hydrogens is 266 g/mol. The molecule has 0 unspecified atom stereocenters. The van der Waals surface area contributed by atoms with E-state index >= 15 is 0 Å². The van der Waals surface area contributed by atoms with Gasteiger partial charge in [0.2, 0.25) is 10.0 Å². The Kier molecular flexibility index (Phi) is 3.93. The predicted octanol–water partition coefficient (Wildman–Crippen LogP) is -0.936. The van der Waals surface area contributed by atoms with E-state index in [-0.39, 0.29) is 24.8 Å². The van der Waals surface area contributed by atoms with Crippen LogP contribution < -0.4 is 0 Å². The van der Waals surface area contributed by atoms with Gasteiger partial charge >= 0.3 is 0 Å². The number of hydrogen-bond donors (Lipinski definition) is 1. The molecule has 1 N–H and O–H groups in total. The average Bonchev–Trinajstić information content (AvgIpc) is 2.08. The fourth-order valence-electron chi connectivity index (χ4n) is 1.51. The van der Waals surface area contributed by atoms with Gasteiger partial charge in [-0.3, -0.25) is 0 Å². The van der Waals surface area contributed by atoms with Gasteiger partial charge in [0, 0.05) is 19.3 Å². The molecule has 0 bridgehead atoms. The third kappa shape index (κ3) is 3.64. The number of hydrogen-bond acceptors (Lipinski definition) is 5. The molecule has 0 saturated carbocycles. The summed E-state index contributed by atoms with van der Waals surface area (Å²) >= 11 is 0. The number of sulfonamides is 1. The second kappa shape index (κ2) is 4.49. The smallest absolute Gasteiger partial charge is 0.215 e. The fraction of sp³-hybridized carbons (Fsp3) is 1.00. The van der Waals surface area contributed by atoms with Crippen LogP contribution in [-0.2, 0) is 19.9 Å². The molecule has 102 valence electrons. The maximum absolute atomic E-state index is 11.7. The molecule has 1 heterocycles. The maximum Gasteiger partial charge on any atom is 0.215 e. The van der Waals surface area contributed by atoms with Crippen molar-refractivity contribution in [3.63, 3.8) is 0 Å². The molecule has 0 aromatic rings. The minimum absolute atomic E-state index is 0.0242. The van der Waals surface area contributed by atoms with Crippen LogP contribution in [0.15, 0.2) is 0 Å².